The molecule has 0 radical (unpaired) electrons. The summed E-state index contributed by atoms with van der Waals surface area (Å²) in [7, 11) is 0. The van der Waals surface area contributed by atoms with Crippen LogP contribution in [-0.4, -0.2) is 44.9 Å². The number of hydrogen-bond acceptors (Lipinski definition) is 5. The molecule has 6 nitrogen and oxygen atoms in total. The second-order valence-corrected chi connectivity index (χ2v) is 7.48. The van der Waals surface area contributed by atoms with Crippen molar-refractivity contribution in [3.8, 4) is 0 Å². The summed E-state index contributed by atoms with van der Waals surface area (Å²) in [6.45, 7) is 5.51. The van der Waals surface area contributed by atoms with Gasteiger partial charge in [-0.15, -0.1) is 11.8 Å². The van der Waals surface area contributed by atoms with Gasteiger partial charge >= 0.3 is 29.6 Å². The zero-order valence-electron chi connectivity index (χ0n) is 13.3. The fourth-order valence-corrected chi connectivity index (χ4v) is 4.34. The van der Waals surface area contributed by atoms with E-state index in [1.165, 1.54) is 16.7 Å². The third-order valence-electron chi connectivity index (χ3n) is 3.69. The van der Waals surface area contributed by atoms with Gasteiger partial charge in [0.25, 0.3) is 0 Å². The number of aliphatic carboxylic acids is 1. The van der Waals surface area contributed by atoms with Crippen LogP contribution in [0, 0.1) is 0 Å². The molecular weight excluding hydrogens is 315 g/mol. The van der Waals surface area contributed by atoms with Crippen molar-refractivity contribution in [2.24, 2.45) is 0 Å². The van der Waals surface area contributed by atoms with Crippen LogP contribution in [0.15, 0.2) is 12.2 Å². The third kappa shape index (κ3) is 3.53. The molecule has 2 fully saturated rings. The zero-order chi connectivity index (χ0) is 15.8. The van der Waals surface area contributed by atoms with Crippen LogP contribution >= 0.6 is 11.8 Å². The number of fused-ring (bicyclic) bond motifs is 1. The van der Waals surface area contributed by atoms with Gasteiger partial charge in [-0.1, -0.05) is 19.1 Å². The van der Waals surface area contributed by atoms with Crippen molar-refractivity contribution in [1.29, 1.82) is 0 Å². The van der Waals surface area contributed by atoms with E-state index in [0.29, 0.717) is 0 Å². The molecular formula is C14H19N2NaO4S. The summed E-state index contributed by atoms with van der Waals surface area (Å²) in [5.41, 5.74) is 0. The number of carbonyl (C=O) groups is 3. The van der Waals surface area contributed by atoms with Crippen molar-refractivity contribution < 1.29 is 49.0 Å². The molecule has 116 valence electrons. The number of thioether (sulfide) groups is 1. The Kier molecular flexibility index (Phi) is 6.56. The van der Waals surface area contributed by atoms with Crippen LogP contribution in [0.4, 0.5) is 0 Å². The number of hydrogen-bond donors (Lipinski definition) is 1. The largest absolute Gasteiger partial charge is 1.00 e. The summed E-state index contributed by atoms with van der Waals surface area (Å²) in [6, 6.07) is -1.59. The van der Waals surface area contributed by atoms with Crippen molar-refractivity contribution in [3.05, 3.63) is 12.2 Å². The van der Waals surface area contributed by atoms with Gasteiger partial charge in [0.05, 0.1) is 12.0 Å². The van der Waals surface area contributed by atoms with E-state index in [0.717, 1.165) is 6.42 Å². The molecule has 22 heavy (non-hydrogen) atoms. The third-order valence-corrected chi connectivity index (χ3v) is 5.26. The molecule has 0 saturated carbocycles. The smallest absolute Gasteiger partial charge is 0.548 e. The van der Waals surface area contributed by atoms with E-state index >= 15 is 0 Å². The summed E-state index contributed by atoms with van der Waals surface area (Å²) in [5, 5.41) is 13.6. The summed E-state index contributed by atoms with van der Waals surface area (Å²) >= 11 is 1.39. The van der Waals surface area contributed by atoms with Gasteiger partial charge in [0.1, 0.15) is 11.4 Å². The predicted octanol–water partition coefficient (Wildman–Crippen LogP) is -3.36. The molecule has 2 heterocycles. The second kappa shape index (κ2) is 7.38. The van der Waals surface area contributed by atoms with Gasteiger partial charge in [-0.05, 0) is 20.3 Å². The van der Waals surface area contributed by atoms with E-state index in [2.05, 4.69) is 5.32 Å². The molecule has 2 aliphatic heterocycles. The molecule has 0 aromatic carbocycles. The monoisotopic (exact) mass is 334 g/mol. The average Bonchev–Trinajstić information content (AvgIpc) is 2.65. The fourth-order valence-electron chi connectivity index (χ4n) is 2.72. The molecule has 2 rings (SSSR count). The minimum absolute atomic E-state index is 0. The first-order chi connectivity index (χ1) is 9.79. The van der Waals surface area contributed by atoms with E-state index < -0.39 is 22.8 Å². The van der Waals surface area contributed by atoms with E-state index in [9.17, 15) is 19.5 Å². The molecule has 0 aliphatic carbocycles. The van der Waals surface area contributed by atoms with Crippen molar-refractivity contribution >= 4 is 29.5 Å². The summed E-state index contributed by atoms with van der Waals surface area (Å²) in [5.74, 6) is -1.83. The molecule has 2 amide bonds. The minimum atomic E-state index is -1.25. The molecule has 2 saturated heterocycles. The van der Waals surface area contributed by atoms with E-state index in [1.807, 2.05) is 13.0 Å². The summed E-state index contributed by atoms with van der Waals surface area (Å²) in [4.78, 5) is 36.4. The summed E-state index contributed by atoms with van der Waals surface area (Å²) in [6.07, 6.45) is 4.71. The van der Waals surface area contributed by atoms with Gasteiger partial charge in [-0.3, -0.25) is 9.59 Å². The van der Waals surface area contributed by atoms with Crippen LogP contribution in [0.3, 0.4) is 0 Å². The van der Waals surface area contributed by atoms with Crippen molar-refractivity contribution in [2.45, 2.75) is 55.8 Å². The average molecular weight is 334 g/mol. The van der Waals surface area contributed by atoms with Crippen LogP contribution in [0.5, 0.6) is 0 Å². The maximum Gasteiger partial charge on any atom is 1.00 e. The van der Waals surface area contributed by atoms with Gasteiger partial charge in [0.15, 0.2) is 0 Å². The SMILES string of the molecule is CCC=CCC(=O)N[C@@H]1C(=O)N2[C@@H]1SC(C)(C)[C@@H]2C(=O)[O-].[Na+]. The van der Waals surface area contributed by atoms with Crippen molar-refractivity contribution in [2.75, 3.05) is 0 Å². The number of allylic oxidation sites excluding steroid dienone is 1. The standard InChI is InChI=1S/C14H20N2O4S.Na/c1-4-5-6-7-8(17)15-9-11(18)16-10(13(19)20)14(2,3)21-12(9)16;/h5-6,9-10,12H,4,7H2,1-3H3,(H,15,17)(H,19,20);/q;+1/p-1/t9-,10+,12-;/m1./s1. The molecule has 0 aromatic heterocycles. The normalized spacial score (nSPS) is 28.8. The summed E-state index contributed by atoms with van der Waals surface area (Å²) < 4.78 is -0.624. The molecule has 0 bridgehead atoms. The van der Waals surface area contributed by atoms with Gasteiger partial charge in [-0.25, -0.2) is 0 Å². The molecule has 0 unspecified atom stereocenters. The molecule has 0 spiro atoms. The van der Waals surface area contributed by atoms with Crippen LogP contribution in [0.2, 0.25) is 0 Å². The first-order valence-electron chi connectivity index (χ1n) is 6.94. The van der Waals surface area contributed by atoms with E-state index in [4.69, 9.17) is 0 Å². The number of rotatable bonds is 5. The Morgan fingerprint density at radius 1 is 1.41 bits per heavy atom. The minimum Gasteiger partial charge on any atom is -0.548 e. The zero-order valence-corrected chi connectivity index (χ0v) is 16.1. The molecule has 3 atom stereocenters. The Balaban J connectivity index is 0.00000242. The molecule has 0 aromatic rings. The first kappa shape index (κ1) is 19.5. The number of carbonyl (C=O) groups excluding carboxylic acids is 3. The van der Waals surface area contributed by atoms with Gasteiger partial charge < -0.3 is 20.1 Å². The van der Waals surface area contributed by atoms with Crippen molar-refractivity contribution in [1.82, 2.24) is 10.2 Å². The molecule has 2 aliphatic rings. The number of nitrogens with one attached hydrogen (secondary N) is 1. The number of amides is 2. The number of β-lactam (4-membered cyclic amide) rings is 1. The van der Waals surface area contributed by atoms with E-state index in [1.54, 1.807) is 19.9 Å². The van der Waals surface area contributed by atoms with Crippen LogP contribution in [-0.2, 0) is 14.4 Å². The fraction of sp³-hybridized carbons (Fsp3) is 0.643. The predicted molar refractivity (Wildman–Crippen MR) is 77.1 cm³/mol. The van der Waals surface area contributed by atoms with Crippen LogP contribution in [0.25, 0.3) is 0 Å². The van der Waals surface area contributed by atoms with Gasteiger partial charge in [-0.2, -0.15) is 0 Å². The molecule has 1 N–H and O–H groups in total. The Labute approximate surface area is 156 Å². The molecule has 8 heteroatoms. The topological polar surface area (TPSA) is 89.5 Å². The van der Waals surface area contributed by atoms with Crippen molar-refractivity contribution in [3.63, 3.8) is 0 Å². The first-order valence-corrected chi connectivity index (χ1v) is 7.82. The maximum absolute atomic E-state index is 12.1. The van der Waals surface area contributed by atoms with Gasteiger partial charge in [0.2, 0.25) is 11.8 Å². The van der Waals surface area contributed by atoms with Crippen LogP contribution in [0.1, 0.15) is 33.6 Å². The second-order valence-electron chi connectivity index (χ2n) is 5.71. The van der Waals surface area contributed by atoms with Gasteiger partial charge in [0, 0.05) is 11.2 Å². The Hall–Kier alpha value is -0.500. The number of carboxylic acids is 1. The Bertz CT molecular complexity index is 509. The number of carboxylic acid groups (broad SMARTS) is 1. The van der Waals surface area contributed by atoms with Crippen LogP contribution < -0.4 is 40.0 Å². The Morgan fingerprint density at radius 3 is 2.59 bits per heavy atom. The van der Waals surface area contributed by atoms with E-state index in [-0.39, 0.29) is 53.2 Å². The maximum atomic E-state index is 12.1. The number of nitrogens with zero attached hydrogens (tertiary/aromatic N) is 1. The quantitative estimate of drug-likeness (QED) is 0.322. The Morgan fingerprint density at radius 2 is 2.05 bits per heavy atom.